The zero-order valence-electron chi connectivity index (χ0n) is 11.7. The molecule has 3 rings (SSSR count). The van der Waals surface area contributed by atoms with Gasteiger partial charge >= 0.3 is 0 Å². The fraction of sp³-hybridized carbons (Fsp3) is 0.643. The molecule has 2 unspecified atom stereocenters. The summed E-state index contributed by atoms with van der Waals surface area (Å²) in [5.41, 5.74) is 6.30. The standard InChI is InChI=1S/C14H22N4S/c1-11-8-14(5-6-17(11)2)10-16-13(15)18(14)9-12-4-3-7-19-12/h3-4,7,11H,5-6,8-10H2,1-2H3,(H2,15,16). The summed E-state index contributed by atoms with van der Waals surface area (Å²) >= 11 is 1.80. The summed E-state index contributed by atoms with van der Waals surface area (Å²) < 4.78 is 0. The fourth-order valence-corrected chi connectivity index (χ4v) is 3.94. The lowest BCUT2D eigenvalue weighted by Gasteiger charge is -2.47. The number of thiophene rings is 1. The highest BCUT2D eigenvalue weighted by Crippen LogP contribution is 2.36. The average molecular weight is 278 g/mol. The van der Waals surface area contributed by atoms with E-state index in [0.717, 1.165) is 38.4 Å². The molecule has 0 radical (unpaired) electrons. The molecule has 1 saturated heterocycles. The molecule has 1 aromatic heterocycles. The molecule has 2 N–H and O–H groups in total. The van der Waals surface area contributed by atoms with Gasteiger partial charge in [0.25, 0.3) is 0 Å². The average Bonchev–Trinajstić information content (AvgIpc) is 2.99. The Balaban J connectivity index is 1.81. The van der Waals surface area contributed by atoms with Crippen LogP contribution in [0.3, 0.4) is 0 Å². The highest BCUT2D eigenvalue weighted by atomic mass is 32.1. The molecule has 0 aliphatic carbocycles. The second-order valence-electron chi connectivity index (χ2n) is 5.85. The van der Waals surface area contributed by atoms with E-state index >= 15 is 0 Å². The van der Waals surface area contributed by atoms with E-state index in [-0.39, 0.29) is 5.54 Å². The van der Waals surface area contributed by atoms with Gasteiger partial charge in [-0.25, -0.2) is 0 Å². The summed E-state index contributed by atoms with van der Waals surface area (Å²) in [5.74, 6) is 0.727. The van der Waals surface area contributed by atoms with Crippen LogP contribution in [-0.4, -0.2) is 47.5 Å². The molecule has 1 fully saturated rings. The molecule has 0 bridgehead atoms. The Morgan fingerprint density at radius 1 is 1.58 bits per heavy atom. The fourth-order valence-electron chi connectivity index (χ4n) is 3.25. The number of aliphatic imine (C=N–C) groups is 1. The van der Waals surface area contributed by atoms with Crippen LogP contribution < -0.4 is 5.73 Å². The monoisotopic (exact) mass is 278 g/mol. The maximum absolute atomic E-state index is 6.15. The quantitative estimate of drug-likeness (QED) is 0.896. The maximum atomic E-state index is 6.15. The Hall–Kier alpha value is -1.07. The minimum Gasteiger partial charge on any atom is -0.370 e. The van der Waals surface area contributed by atoms with Gasteiger partial charge < -0.3 is 15.5 Å². The minimum absolute atomic E-state index is 0.153. The van der Waals surface area contributed by atoms with Gasteiger partial charge in [0.2, 0.25) is 0 Å². The number of guanidine groups is 1. The molecule has 0 aromatic carbocycles. The van der Waals surface area contributed by atoms with Crippen LogP contribution in [0.25, 0.3) is 0 Å². The van der Waals surface area contributed by atoms with Crippen molar-refractivity contribution in [3.63, 3.8) is 0 Å². The summed E-state index contributed by atoms with van der Waals surface area (Å²) in [6, 6.07) is 4.89. The third-order valence-electron chi connectivity index (χ3n) is 4.64. The van der Waals surface area contributed by atoms with Gasteiger partial charge in [0, 0.05) is 17.5 Å². The first-order valence-electron chi connectivity index (χ1n) is 6.91. The van der Waals surface area contributed by atoms with Gasteiger partial charge in [-0.05, 0) is 38.3 Å². The predicted octanol–water partition coefficient (Wildman–Crippen LogP) is 1.73. The van der Waals surface area contributed by atoms with Crippen molar-refractivity contribution in [3.8, 4) is 0 Å². The van der Waals surface area contributed by atoms with E-state index in [1.807, 2.05) is 0 Å². The molecule has 5 heteroatoms. The second kappa shape index (κ2) is 4.80. The highest BCUT2D eigenvalue weighted by Gasteiger charge is 2.45. The van der Waals surface area contributed by atoms with Crippen LogP contribution in [0.4, 0.5) is 0 Å². The van der Waals surface area contributed by atoms with Crippen molar-refractivity contribution in [2.24, 2.45) is 10.7 Å². The topological polar surface area (TPSA) is 44.9 Å². The number of nitrogens with zero attached hydrogens (tertiary/aromatic N) is 3. The van der Waals surface area contributed by atoms with Crippen molar-refractivity contribution in [1.29, 1.82) is 0 Å². The Labute approximate surface area is 118 Å². The van der Waals surface area contributed by atoms with E-state index in [1.54, 1.807) is 11.3 Å². The van der Waals surface area contributed by atoms with Gasteiger partial charge in [-0.1, -0.05) is 6.07 Å². The van der Waals surface area contributed by atoms with Crippen molar-refractivity contribution >= 4 is 17.3 Å². The van der Waals surface area contributed by atoms with Crippen LogP contribution in [0.1, 0.15) is 24.6 Å². The van der Waals surface area contributed by atoms with Crippen LogP contribution in [0.5, 0.6) is 0 Å². The van der Waals surface area contributed by atoms with E-state index in [9.17, 15) is 0 Å². The lowest BCUT2D eigenvalue weighted by Crippen LogP contribution is -2.58. The molecule has 2 aliphatic heterocycles. The summed E-state index contributed by atoms with van der Waals surface area (Å²) in [6.07, 6.45) is 2.31. The van der Waals surface area contributed by atoms with Gasteiger partial charge in [-0.3, -0.25) is 4.99 Å². The minimum atomic E-state index is 0.153. The molecule has 19 heavy (non-hydrogen) atoms. The number of nitrogens with two attached hydrogens (primary N) is 1. The van der Waals surface area contributed by atoms with E-state index in [4.69, 9.17) is 5.73 Å². The van der Waals surface area contributed by atoms with Crippen molar-refractivity contribution in [1.82, 2.24) is 9.80 Å². The largest absolute Gasteiger partial charge is 0.370 e. The van der Waals surface area contributed by atoms with Gasteiger partial charge in [0.05, 0.1) is 18.6 Å². The van der Waals surface area contributed by atoms with Gasteiger partial charge in [-0.15, -0.1) is 11.3 Å². The van der Waals surface area contributed by atoms with Crippen LogP contribution in [0.2, 0.25) is 0 Å². The lowest BCUT2D eigenvalue weighted by atomic mass is 9.83. The Kier molecular flexibility index (Phi) is 3.27. The van der Waals surface area contributed by atoms with Crippen LogP contribution in [0.15, 0.2) is 22.5 Å². The smallest absolute Gasteiger partial charge is 0.192 e. The molecule has 4 nitrogen and oxygen atoms in total. The SMILES string of the molecule is CC1CC2(CCN1C)CN=C(N)N2Cc1cccs1. The lowest BCUT2D eigenvalue weighted by molar-refractivity contribution is 0.0601. The zero-order valence-corrected chi connectivity index (χ0v) is 12.5. The second-order valence-corrected chi connectivity index (χ2v) is 6.88. The molecular weight excluding hydrogens is 256 g/mol. The third-order valence-corrected chi connectivity index (χ3v) is 5.50. The molecular formula is C14H22N4S. The molecule has 1 spiro atoms. The van der Waals surface area contributed by atoms with E-state index < -0.39 is 0 Å². The van der Waals surface area contributed by atoms with Crippen molar-refractivity contribution in [2.45, 2.75) is 37.9 Å². The molecule has 0 saturated carbocycles. The molecule has 2 atom stereocenters. The predicted molar refractivity (Wildman–Crippen MR) is 80.4 cm³/mol. The van der Waals surface area contributed by atoms with Crippen molar-refractivity contribution < 1.29 is 0 Å². The molecule has 1 aromatic rings. The van der Waals surface area contributed by atoms with E-state index in [0.29, 0.717) is 6.04 Å². The summed E-state index contributed by atoms with van der Waals surface area (Å²) in [4.78, 5) is 10.7. The number of hydrogen-bond acceptors (Lipinski definition) is 5. The van der Waals surface area contributed by atoms with Gasteiger partial charge in [-0.2, -0.15) is 0 Å². The van der Waals surface area contributed by atoms with Gasteiger partial charge in [0.15, 0.2) is 5.96 Å². The number of piperidine rings is 1. The molecule has 0 amide bonds. The van der Waals surface area contributed by atoms with E-state index in [1.165, 1.54) is 4.88 Å². The molecule has 3 heterocycles. The van der Waals surface area contributed by atoms with Crippen molar-refractivity contribution in [2.75, 3.05) is 20.1 Å². The number of hydrogen-bond donors (Lipinski definition) is 1. The highest BCUT2D eigenvalue weighted by molar-refractivity contribution is 7.09. The first kappa shape index (κ1) is 12.9. The van der Waals surface area contributed by atoms with Gasteiger partial charge in [0.1, 0.15) is 0 Å². The first-order chi connectivity index (χ1) is 9.11. The third kappa shape index (κ3) is 2.25. The Morgan fingerprint density at radius 3 is 3.11 bits per heavy atom. The number of likely N-dealkylation sites (tertiary alicyclic amines) is 1. The molecule has 104 valence electrons. The van der Waals surface area contributed by atoms with Crippen LogP contribution in [-0.2, 0) is 6.54 Å². The number of rotatable bonds is 2. The Morgan fingerprint density at radius 2 is 2.42 bits per heavy atom. The maximum Gasteiger partial charge on any atom is 0.192 e. The summed E-state index contributed by atoms with van der Waals surface area (Å²) in [6.45, 7) is 5.20. The zero-order chi connectivity index (χ0) is 13.5. The molecule has 2 aliphatic rings. The normalized spacial score (nSPS) is 32.0. The van der Waals surface area contributed by atoms with Crippen LogP contribution >= 0.6 is 11.3 Å². The summed E-state index contributed by atoms with van der Waals surface area (Å²) in [7, 11) is 2.21. The van der Waals surface area contributed by atoms with E-state index in [2.05, 4.69) is 46.3 Å². The first-order valence-corrected chi connectivity index (χ1v) is 7.79. The van der Waals surface area contributed by atoms with Crippen LogP contribution in [0, 0.1) is 0 Å². The Bertz CT molecular complexity index is 470. The summed E-state index contributed by atoms with van der Waals surface area (Å²) in [5, 5.41) is 2.13. The van der Waals surface area contributed by atoms with Crippen molar-refractivity contribution in [3.05, 3.63) is 22.4 Å².